The van der Waals surface area contributed by atoms with E-state index in [1.165, 1.54) is 12.1 Å². The van der Waals surface area contributed by atoms with Crippen LogP contribution in [0.5, 0.6) is 5.75 Å². The van der Waals surface area contributed by atoms with Gasteiger partial charge in [0.2, 0.25) is 5.89 Å². The maximum absolute atomic E-state index is 11.9. The number of aryl methyl sites for hydroxylation is 2. The number of amides is 1. The molecule has 0 saturated heterocycles. The molecule has 94 valence electrons. The van der Waals surface area contributed by atoms with Crippen LogP contribution in [0.3, 0.4) is 0 Å². The monoisotopic (exact) mass is 247 g/mol. The highest BCUT2D eigenvalue weighted by Crippen LogP contribution is 2.15. The standard InChI is InChI=1S/C12H13N3O3/c1-7-5-9(16)3-4-10(7)12(17)13-6-11-14-8(2)15-18-11/h3-5,16H,6H2,1-2H3,(H,13,17). The van der Waals surface area contributed by atoms with Gasteiger partial charge in [0.15, 0.2) is 5.82 Å². The zero-order valence-electron chi connectivity index (χ0n) is 10.1. The largest absolute Gasteiger partial charge is 0.508 e. The minimum atomic E-state index is -0.247. The Morgan fingerprint density at radius 3 is 2.83 bits per heavy atom. The molecule has 0 spiro atoms. The molecule has 2 rings (SSSR count). The van der Waals surface area contributed by atoms with Crippen molar-refractivity contribution >= 4 is 5.91 Å². The van der Waals surface area contributed by atoms with Gasteiger partial charge in [-0.1, -0.05) is 5.16 Å². The summed E-state index contributed by atoms with van der Waals surface area (Å²) in [6.45, 7) is 3.64. The lowest BCUT2D eigenvalue weighted by molar-refractivity contribution is 0.0945. The van der Waals surface area contributed by atoms with Crippen LogP contribution in [-0.2, 0) is 6.54 Å². The van der Waals surface area contributed by atoms with Gasteiger partial charge in [0.05, 0.1) is 6.54 Å². The molecule has 0 aliphatic carbocycles. The van der Waals surface area contributed by atoms with E-state index in [9.17, 15) is 9.90 Å². The maximum atomic E-state index is 11.9. The third-order valence-corrected chi connectivity index (χ3v) is 2.42. The van der Waals surface area contributed by atoms with E-state index >= 15 is 0 Å². The number of rotatable bonds is 3. The molecule has 1 aromatic carbocycles. The van der Waals surface area contributed by atoms with Gasteiger partial charge in [-0.05, 0) is 37.6 Å². The van der Waals surface area contributed by atoms with Crippen molar-refractivity contribution in [3.63, 3.8) is 0 Å². The highest BCUT2D eigenvalue weighted by molar-refractivity contribution is 5.95. The van der Waals surface area contributed by atoms with E-state index in [-0.39, 0.29) is 18.2 Å². The Kier molecular flexibility index (Phi) is 3.27. The predicted octanol–water partition coefficient (Wildman–Crippen LogP) is 1.32. The number of carbonyl (C=O) groups excluding carboxylic acids is 1. The molecule has 2 aromatic rings. The van der Waals surface area contributed by atoms with Gasteiger partial charge in [0.25, 0.3) is 5.91 Å². The lowest BCUT2D eigenvalue weighted by Crippen LogP contribution is -2.23. The quantitative estimate of drug-likeness (QED) is 0.854. The number of benzene rings is 1. The van der Waals surface area contributed by atoms with Gasteiger partial charge in [-0.15, -0.1) is 0 Å². The number of aromatic nitrogens is 2. The Balaban J connectivity index is 2.03. The summed E-state index contributed by atoms with van der Waals surface area (Å²) < 4.78 is 4.88. The van der Waals surface area contributed by atoms with Crippen molar-refractivity contribution in [3.05, 3.63) is 41.0 Å². The number of nitrogens with zero attached hydrogens (tertiary/aromatic N) is 2. The van der Waals surface area contributed by atoms with Crippen molar-refractivity contribution in [3.8, 4) is 5.75 Å². The fourth-order valence-corrected chi connectivity index (χ4v) is 1.57. The molecule has 6 nitrogen and oxygen atoms in total. The number of phenolic OH excluding ortho intramolecular Hbond substituents is 1. The van der Waals surface area contributed by atoms with Crippen LogP contribution in [0.15, 0.2) is 22.7 Å². The summed E-state index contributed by atoms with van der Waals surface area (Å²) in [7, 11) is 0. The highest BCUT2D eigenvalue weighted by Gasteiger charge is 2.10. The van der Waals surface area contributed by atoms with E-state index in [4.69, 9.17) is 4.52 Å². The van der Waals surface area contributed by atoms with Gasteiger partial charge in [0.1, 0.15) is 5.75 Å². The summed E-state index contributed by atoms with van der Waals surface area (Å²) in [6, 6.07) is 4.57. The summed E-state index contributed by atoms with van der Waals surface area (Å²) in [5, 5.41) is 15.6. The minimum absolute atomic E-state index is 0.136. The molecule has 1 heterocycles. The van der Waals surface area contributed by atoms with Crippen LogP contribution in [0.25, 0.3) is 0 Å². The molecule has 18 heavy (non-hydrogen) atoms. The third kappa shape index (κ3) is 2.65. The number of aromatic hydroxyl groups is 1. The van der Waals surface area contributed by atoms with Gasteiger partial charge < -0.3 is 14.9 Å². The SMILES string of the molecule is Cc1noc(CNC(=O)c2ccc(O)cc2C)n1. The van der Waals surface area contributed by atoms with Crippen LogP contribution in [0.1, 0.15) is 27.6 Å². The Morgan fingerprint density at radius 1 is 1.44 bits per heavy atom. The molecule has 0 unspecified atom stereocenters. The molecule has 1 amide bonds. The number of hydrogen-bond acceptors (Lipinski definition) is 5. The van der Waals surface area contributed by atoms with Crippen molar-refractivity contribution in [1.29, 1.82) is 0 Å². The molecule has 0 radical (unpaired) electrons. The number of phenols is 1. The van der Waals surface area contributed by atoms with Crippen LogP contribution in [0, 0.1) is 13.8 Å². The Morgan fingerprint density at radius 2 is 2.22 bits per heavy atom. The molecule has 0 aliphatic heterocycles. The summed E-state index contributed by atoms with van der Waals surface area (Å²) >= 11 is 0. The van der Waals surface area contributed by atoms with Gasteiger partial charge in [0, 0.05) is 5.56 Å². The van der Waals surface area contributed by atoms with Crippen molar-refractivity contribution in [1.82, 2.24) is 15.5 Å². The van der Waals surface area contributed by atoms with Gasteiger partial charge in [-0.3, -0.25) is 4.79 Å². The number of hydrogen-bond donors (Lipinski definition) is 2. The van der Waals surface area contributed by atoms with Crippen LogP contribution in [0.2, 0.25) is 0 Å². The van der Waals surface area contributed by atoms with E-state index in [0.717, 1.165) is 0 Å². The van der Waals surface area contributed by atoms with Crippen LogP contribution < -0.4 is 5.32 Å². The second-order valence-electron chi connectivity index (χ2n) is 3.92. The van der Waals surface area contributed by atoms with Crippen LogP contribution >= 0.6 is 0 Å². The lowest BCUT2D eigenvalue weighted by atomic mass is 10.1. The maximum Gasteiger partial charge on any atom is 0.251 e. The first-order chi connectivity index (χ1) is 8.56. The first kappa shape index (κ1) is 12.1. The third-order valence-electron chi connectivity index (χ3n) is 2.42. The van der Waals surface area contributed by atoms with Gasteiger partial charge >= 0.3 is 0 Å². The Hall–Kier alpha value is -2.37. The summed E-state index contributed by atoms with van der Waals surface area (Å²) in [5.41, 5.74) is 1.21. The van der Waals surface area contributed by atoms with E-state index < -0.39 is 0 Å². The van der Waals surface area contributed by atoms with Crippen molar-refractivity contribution < 1.29 is 14.4 Å². The van der Waals surface area contributed by atoms with E-state index in [0.29, 0.717) is 22.8 Å². The molecular weight excluding hydrogens is 234 g/mol. The zero-order chi connectivity index (χ0) is 13.1. The van der Waals surface area contributed by atoms with E-state index in [2.05, 4.69) is 15.5 Å². The first-order valence-corrected chi connectivity index (χ1v) is 5.43. The number of carbonyl (C=O) groups is 1. The summed E-state index contributed by atoms with van der Waals surface area (Å²) in [6.07, 6.45) is 0. The molecular formula is C12H13N3O3. The molecule has 0 aliphatic rings. The first-order valence-electron chi connectivity index (χ1n) is 5.43. The van der Waals surface area contributed by atoms with Crippen molar-refractivity contribution in [2.45, 2.75) is 20.4 Å². The molecule has 0 fully saturated rings. The van der Waals surface area contributed by atoms with E-state index in [1.807, 2.05) is 0 Å². The summed E-state index contributed by atoms with van der Waals surface area (Å²) in [5.74, 6) is 0.775. The second-order valence-corrected chi connectivity index (χ2v) is 3.92. The molecule has 1 aromatic heterocycles. The molecule has 0 saturated carbocycles. The zero-order valence-corrected chi connectivity index (χ0v) is 10.1. The smallest absolute Gasteiger partial charge is 0.251 e. The molecule has 2 N–H and O–H groups in total. The fourth-order valence-electron chi connectivity index (χ4n) is 1.57. The van der Waals surface area contributed by atoms with Crippen LogP contribution in [0.4, 0.5) is 0 Å². The molecule has 0 bridgehead atoms. The van der Waals surface area contributed by atoms with Crippen LogP contribution in [-0.4, -0.2) is 21.2 Å². The second kappa shape index (κ2) is 4.87. The van der Waals surface area contributed by atoms with Gasteiger partial charge in [-0.25, -0.2) is 0 Å². The topological polar surface area (TPSA) is 88.2 Å². The predicted molar refractivity (Wildman–Crippen MR) is 63.0 cm³/mol. The average molecular weight is 247 g/mol. The normalized spacial score (nSPS) is 10.3. The molecule has 6 heteroatoms. The number of nitrogens with one attached hydrogen (secondary N) is 1. The van der Waals surface area contributed by atoms with Crippen molar-refractivity contribution in [2.75, 3.05) is 0 Å². The van der Waals surface area contributed by atoms with Gasteiger partial charge in [-0.2, -0.15) is 4.98 Å². The molecule has 0 atom stereocenters. The van der Waals surface area contributed by atoms with Crippen molar-refractivity contribution in [2.24, 2.45) is 0 Å². The Labute approximate surface area is 104 Å². The Bertz CT molecular complexity index is 578. The van der Waals surface area contributed by atoms with E-state index in [1.54, 1.807) is 19.9 Å². The summed E-state index contributed by atoms with van der Waals surface area (Å²) in [4.78, 5) is 15.9. The average Bonchev–Trinajstić information content (AvgIpc) is 2.72. The minimum Gasteiger partial charge on any atom is -0.508 e. The lowest BCUT2D eigenvalue weighted by Gasteiger charge is -2.06. The highest BCUT2D eigenvalue weighted by atomic mass is 16.5. The fraction of sp³-hybridized carbons (Fsp3) is 0.250.